The van der Waals surface area contributed by atoms with Crippen molar-refractivity contribution in [3.05, 3.63) is 40.1 Å². The van der Waals surface area contributed by atoms with E-state index in [0.717, 1.165) is 0 Å². The Kier molecular flexibility index (Phi) is 4.54. The Balaban J connectivity index is 2.35. The smallest absolute Gasteiger partial charge is 0.317 e. The molecule has 7 heteroatoms. The molecule has 0 spiro atoms. The van der Waals surface area contributed by atoms with Crippen molar-refractivity contribution in [3.63, 3.8) is 0 Å². The van der Waals surface area contributed by atoms with Crippen molar-refractivity contribution in [2.24, 2.45) is 0 Å². The third kappa shape index (κ3) is 3.25. The normalized spacial score (nSPS) is 10.4. The second kappa shape index (κ2) is 6.17. The first-order valence-corrected chi connectivity index (χ1v) is 6.38. The number of furan rings is 1. The predicted molar refractivity (Wildman–Crippen MR) is 75.7 cm³/mol. The lowest BCUT2D eigenvalue weighted by Crippen LogP contribution is -2.03. The van der Waals surface area contributed by atoms with Crippen LogP contribution < -0.4 is 10.1 Å². The first-order valence-electron chi connectivity index (χ1n) is 5.63. The maximum absolute atomic E-state index is 11.0. The quantitative estimate of drug-likeness (QED) is 0.841. The molecule has 0 aliphatic rings. The molecule has 106 valence electrons. The summed E-state index contributed by atoms with van der Waals surface area (Å²) in [7, 11) is 0. The summed E-state index contributed by atoms with van der Waals surface area (Å²) in [6.45, 7) is 0.971. The molecule has 0 atom stereocenters. The lowest BCUT2D eigenvalue weighted by molar-refractivity contribution is -0.133. The van der Waals surface area contributed by atoms with Gasteiger partial charge in [-0.05, 0) is 18.2 Å². The summed E-state index contributed by atoms with van der Waals surface area (Å²) < 4.78 is 10.0. The number of aliphatic hydroxyl groups excluding tert-OH is 1. The molecule has 5 nitrogen and oxygen atoms in total. The third-order valence-corrected chi connectivity index (χ3v) is 2.98. The van der Waals surface area contributed by atoms with Crippen molar-refractivity contribution < 1.29 is 19.1 Å². The molecule has 0 aliphatic heterocycles. The average molecular weight is 316 g/mol. The number of anilines is 2. The van der Waals surface area contributed by atoms with Crippen LogP contribution in [-0.4, -0.2) is 11.1 Å². The Hall–Kier alpha value is -1.69. The number of halogens is 2. The molecule has 1 aromatic heterocycles. The van der Waals surface area contributed by atoms with E-state index in [1.807, 2.05) is 0 Å². The SMILES string of the molecule is CC(=O)Oc1occ(CO)c1Nc1ccc(Cl)cc1Cl. The molecule has 0 amide bonds. The number of benzene rings is 1. The van der Waals surface area contributed by atoms with Crippen LogP contribution in [0.3, 0.4) is 0 Å². The van der Waals surface area contributed by atoms with Gasteiger partial charge in [-0.1, -0.05) is 23.2 Å². The summed E-state index contributed by atoms with van der Waals surface area (Å²) >= 11 is 11.9. The van der Waals surface area contributed by atoms with Gasteiger partial charge >= 0.3 is 11.9 Å². The topological polar surface area (TPSA) is 71.7 Å². The zero-order valence-corrected chi connectivity index (χ0v) is 12.0. The summed E-state index contributed by atoms with van der Waals surface area (Å²) in [6.07, 6.45) is 1.30. The van der Waals surface area contributed by atoms with Crippen molar-refractivity contribution in [2.75, 3.05) is 5.32 Å². The number of hydrogen-bond acceptors (Lipinski definition) is 5. The van der Waals surface area contributed by atoms with E-state index in [2.05, 4.69) is 5.32 Å². The van der Waals surface area contributed by atoms with E-state index in [1.165, 1.54) is 13.2 Å². The maximum atomic E-state index is 11.0. The molecule has 0 aliphatic carbocycles. The minimum Gasteiger partial charge on any atom is -0.432 e. The summed E-state index contributed by atoms with van der Waals surface area (Å²) in [4.78, 5) is 11.0. The van der Waals surface area contributed by atoms with Crippen molar-refractivity contribution >= 4 is 40.5 Å². The van der Waals surface area contributed by atoms with Crippen LogP contribution in [0.25, 0.3) is 0 Å². The minimum atomic E-state index is -0.533. The Morgan fingerprint density at radius 3 is 2.80 bits per heavy atom. The Labute approximate surface area is 125 Å². The molecule has 2 rings (SSSR count). The van der Waals surface area contributed by atoms with E-state index in [-0.39, 0.29) is 12.6 Å². The number of carbonyl (C=O) groups excluding carboxylic acids is 1. The molecule has 2 aromatic rings. The fraction of sp³-hybridized carbons (Fsp3) is 0.154. The van der Waals surface area contributed by atoms with Crippen LogP contribution in [0.2, 0.25) is 10.0 Å². The van der Waals surface area contributed by atoms with Gasteiger partial charge in [0, 0.05) is 17.5 Å². The highest BCUT2D eigenvalue weighted by Gasteiger charge is 2.17. The Morgan fingerprint density at radius 1 is 1.45 bits per heavy atom. The van der Waals surface area contributed by atoms with Gasteiger partial charge in [0.25, 0.3) is 0 Å². The van der Waals surface area contributed by atoms with Gasteiger partial charge in [0.1, 0.15) is 12.0 Å². The molecule has 0 saturated heterocycles. The van der Waals surface area contributed by atoms with Gasteiger partial charge in [-0.15, -0.1) is 0 Å². The van der Waals surface area contributed by atoms with Crippen LogP contribution in [-0.2, 0) is 11.4 Å². The van der Waals surface area contributed by atoms with Crippen LogP contribution >= 0.6 is 23.2 Å². The van der Waals surface area contributed by atoms with Crippen molar-refractivity contribution in [3.8, 4) is 5.95 Å². The molecule has 1 aromatic carbocycles. The van der Waals surface area contributed by atoms with Crippen LogP contribution in [0, 0.1) is 0 Å². The zero-order valence-electron chi connectivity index (χ0n) is 10.4. The van der Waals surface area contributed by atoms with E-state index in [4.69, 9.17) is 32.4 Å². The molecule has 1 heterocycles. The summed E-state index contributed by atoms with van der Waals surface area (Å²) in [5, 5.41) is 13.1. The van der Waals surface area contributed by atoms with E-state index < -0.39 is 5.97 Å². The van der Waals surface area contributed by atoms with Crippen molar-refractivity contribution in [1.82, 2.24) is 0 Å². The highest BCUT2D eigenvalue weighted by molar-refractivity contribution is 6.36. The minimum absolute atomic E-state index is 0.0347. The lowest BCUT2D eigenvalue weighted by Gasteiger charge is -2.09. The predicted octanol–water partition coefficient (Wildman–Crippen LogP) is 3.75. The number of ether oxygens (including phenoxy) is 1. The van der Waals surface area contributed by atoms with E-state index >= 15 is 0 Å². The first kappa shape index (κ1) is 14.7. The summed E-state index contributed by atoms with van der Waals surface area (Å²) in [5.74, 6) is -0.568. The van der Waals surface area contributed by atoms with Gasteiger partial charge in [0.2, 0.25) is 0 Å². The largest absolute Gasteiger partial charge is 0.432 e. The molecule has 0 unspecified atom stereocenters. The van der Waals surface area contributed by atoms with Crippen LogP contribution in [0.4, 0.5) is 11.4 Å². The highest BCUT2D eigenvalue weighted by Crippen LogP contribution is 2.36. The number of rotatable bonds is 4. The lowest BCUT2D eigenvalue weighted by atomic mass is 10.2. The number of aliphatic hydroxyl groups is 1. The zero-order chi connectivity index (χ0) is 14.7. The van der Waals surface area contributed by atoms with Crippen LogP contribution in [0.1, 0.15) is 12.5 Å². The Morgan fingerprint density at radius 2 is 2.20 bits per heavy atom. The van der Waals surface area contributed by atoms with Crippen molar-refractivity contribution in [2.45, 2.75) is 13.5 Å². The van der Waals surface area contributed by atoms with E-state index in [1.54, 1.807) is 18.2 Å². The molecule has 20 heavy (non-hydrogen) atoms. The number of esters is 1. The van der Waals surface area contributed by atoms with Gasteiger partial charge in [-0.2, -0.15) is 0 Å². The molecular formula is C13H11Cl2NO4. The summed E-state index contributed by atoms with van der Waals surface area (Å²) in [6, 6.07) is 4.88. The molecule has 0 saturated carbocycles. The average Bonchev–Trinajstić information content (AvgIpc) is 2.74. The van der Waals surface area contributed by atoms with Gasteiger partial charge in [0.05, 0.1) is 17.3 Å². The Bertz CT molecular complexity index is 639. The van der Waals surface area contributed by atoms with Gasteiger partial charge in [-0.25, -0.2) is 0 Å². The van der Waals surface area contributed by atoms with Crippen molar-refractivity contribution in [1.29, 1.82) is 0 Å². The van der Waals surface area contributed by atoms with Crippen LogP contribution in [0.15, 0.2) is 28.9 Å². The van der Waals surface area contributed by atoms with Crippen LogP contribution in [0.5, 0.6) is 5.95 Å². The second-order valence-corrected chi connectivity index (χ2v) is 4.77. The molecule has 0 radical (unpaired) electrons. The number of carbonyl (C=O) groups is 1. The molecule has 0 bridgehead atoms. The van der Waals surface area contributed by atoms with E-state index in [0.29, 0.717) is 27.0 Å². The van der Waals surface area contributed by atoms with Gasteiger partial charge < -0.3 is 19.6 Å². The van der Waals surface area contributed by atoms with Gasteiger partial charge in [0.15, 0.2) is 0 Å². The highest BCUT2D eigenvalue weighted by atomic mass is 35.5. The molecule has 2 N–H and O–H groups in total. The number of nitrogens with one attached hydrogen (secondary N) is 1. The molecular weight excluding hydrogens is 305 g/mol. The molecule has 0 fully saturated rings. The maximum Gasteiger partial charge on any atom is 0.317 e. The first-order chi connectivity index (χ1) is 9.51. The monoisotopic (exact) mass is 315 g/mol. The fourth-order valence-corrected chi connectivity index (χ4v) is 2.01. The van der Waals surface area contributed by atoms with E-state index in [9.17, 15) is 9.90 Å². The van der Waals surface area contributed by atoms with Gasteiger partial charge in [-0.3, -0.25) is 4.79 Å². The summed E-state index contributed by atoms with van der Waals surface area (Å²) in [5.41, 5.74) is 1.32. The standard InChI is InChI=1S/C13H11Cl2NO4/c1-7(18)20-13-12(8(5-17)6-19-13)16-11-3-2-9(14)4-10(11)15/h2-4,6,16-17H,5H2,1H3. The number of hydrogen-bond donors (Lipinski definition) is 2. The fourth-order valence-electron chi connectivity index (χ4n) is 1.55. The third-order valence-electron chi connectivity index (χ3n) is 2.43. The second-order valence-electron chi connectivity index (χ2n) is 3.92.